The number of aliphatic hydroxyl groups excluding tert-OH is 1. The van der Waals surface area contributed by atoms with E-state index in [4.69, 9.17) is 9.47 Å². The monoisotopic (exact) mass is 374 g/mol. The second-order valence-electron chi connectivity index (χ2n) is 8.75. The molecule has 0 fully saturated rings. The van der Waals surface area contributed by atoms with Gasteiger partial charge in [-0.3, -0.25) is 0 Å². The third-order valence-corrected chi connectivity index (χ3v) is 5.81. The van der Waals surface area contributed by atoms with Gasteiger partial charge in [-0.15, -0.1) is 0 Å². The fourth-order valence-electron chi connectivity index (χ4n) is 4.11. The summed E-state index contributed by atoms with van der Waals surface area (Å²) in [5, 5.41) is 10.9. The Morgan fingerprint density at radius 3 is 2.59 bits per heavy atom. The molecule has 0 heterocycles. The topological polar surface area (TPSA) is 55.8 Å². The van der Waals surface area contributed by atoms with Crippen molar-refractivity contribution >= 4 is 5.97 Å². The molecular weight excluding hydrogens is 340 g/mol. The van der Waals surface area contributed by atoms with E-state index in [1.54, 1.807) is 31.4 Å². The van der Waals surface area contributed by atoms with E-state index in [0.29, 0.717) is 11.3 Å². The molecule has 1 aromatic rings. The molecule has 1 aliphatic carbocycles. The van der Waals surface area contributed by atoms with Gasteiger partial charge in [0, 0.05) is 16.7 Å². The number of benzene rings is 1. The number of esters is 1. The van der Waals surface area contributed by atoms with Gasteiger partial charge >= 0.3 is 5.97 Å². The average Bonchev–Trinajstić information content (AvgIpc) is 2.63. The lowest BCUT2D eigenvalue weighted by molar-refractivity contribution is -0.0857. The molecule has 0 saturated carbocycles. The van der Waals surface area contributed by atoms with E-state index in [1.165, 1.54) is 0 Å². The number of carbonyl (C=O) groups excluding carboxylic acids is 1. The first-order chi connectivity index (χ1) is 12.6. The minimum Gasteiger partial charge on any atom is -0.497 e. The highest BCUT2D eigenvalue weighted by Crippen LogP contribution is 2.47. The van der Waals surface area contributed by atoms with Crippen molar-refractivity contribution in [2.24, 2.45) is 16.7 Å². The van der Waals surface area contributed by atoms with Crippen molar-refractivity contribution in [3.05, 3.63) is 42.0 Å². The summed E-state index contributed by atoms with van der Waals surface area (Å²) in [4.78, 5) is 12.8. The molecule has 0 aromatic heterocycles. The fourth-order valence-corrected chi connectivity index (χ4v) is 4.11. The maximum Gasteiger partial charge on any atom is 0.338 e. The SMILES string of the molecule is CCCCC(OC(=O)c1cccc(OC)c1)C1C=CC(C)(C)C(O)C1(C)C. The lowest BCUT2D eigenvalue weighted by Crippen LogP contribution is -2.51. The third kappa shape index (κ3) is 4.73. The molecule has 0 bridgehead atoms. The summed E-state index contributed by atoms with van der Waals surface area (Å²) in [6, 6.07) is 7.02. The van der Waals surface area contributed by atoms with E-state index in [9.17, 15) is 9.90 Å². The number of carbonyl (C=O) groups is 1. The van der Waals surface area contributed by atoms with Crippen LogP contribution in [-0.2, 0) is 4.74 Å². The lowest BCUT2D eigenvalue weighted by Gasteiger charge is -2.49. The van der Waals surface area contributed by atoms with Gasteiger partial charge in [-0.1, -0.05) is 65.7 Å². The van der Waals surface area contributed by atoms with E-state index in [0.717, 1.165) is 19.3 Å². The fraction of sp³-hybridized carbons (Fsp3) is 0.609. The van der Waals surface area contributed by atoms with E-state index in [1.807, 2.05) is 13.8 Å². The van der Waals surface area contributed by atoms with Crippen LogP contribution >= 0.6 is 0 Å². The lowest BCUT2D eigenvalue weighted by atomic mass is 9.60. The normalized spacial score (nSPS) is 24.3. The zero-order chi connectivity index (χ0) is 20.2. The first-order valence-electron chi connectivity index (χ1n) is 9.86. The number of hydrogen-bond donors (Lipinski definition) is 1. The largest absolute Gasteiger partial charge is 0.497 e. The molecule has 3 unspecified atom stereocenters. The molecule has 2 rings (SSSR count). The number of methoxy groups -OCH3 is 1. The molecule has 27 heavy (non-hydrogen) atoms. The predicted octanol–water partition coefficient (Wildman–Crippen LogP) is 5.01. The molecule has 4 nitrogen and oxygen atoms in total. The van der Waals surface area contributed by atoms with Gasteiger partial charge in [0.15, 0.2) is 0 Å². The van der Waals surface area contributed by atoms with Gasteiger partial charge in [0.05, 0.1) is 18.8 Å². The summed E-state index contributed by atoms with van der Waals surface area (Å²) >= 11 is 0. The van der Waals surface area contributed by atoms with Gasteiger partial charge < -0.3 is 14.6 Å². The van der Waals surface area contributed by atoms with Crippen LogP contribution in [0.4, 0.5) is 0 Å². The van der Waals surface area contributed by atoms with Gasteiger partial charge in [0.1, 0.15) is 11.9 Å². The summed E-state index contributed by atoms with van der Waals surface area (Å²) in [6.07, 6.45) is 6.17. The zero-order valence-corrected chi connectivity index (χ0v) is 17.5. The predicted molar refractivity (Wildman–Crippen MR) is 108 cm³/mol. The van der Waals surface area contributed by atoms with Crippen LogP contribution in [0.5, 0.6) is 5.75 Å². The summed E-state index contributed by atoms with van der Waals surface area (Å²) < 4.78 is 11.2. The van der Waals surface area contributed by atoms with Crippen LogP contribution < -0.4 is 4.74 Å². The highest BCUT2D eigenvalue weighted by atomic mass is 16.5. The van der Waals surface area contributed by atoms with Crippen LogP contribution in [0.2, 0.25) is 0 Å². The van der Waals surface area contributed by atoms with Gasteiger partial charge in [-0.25, -0.2) is 4.79 Å². The third-order valence-electron chi connectivity index (χ3n) is 5.81. The van der Waals surface area contributed by atoms with E-state index >= 15 is 0 Å². The highest BCUT2D eigenvalue weighted by molar-refractivity contribution is 5.90. The van der Waals surface area contributed by atoms with Crippen molar-refractivity contribution in [1.29, 1.82) is 0 Å². The van der Waals surface area contributed by atoms with Gasteiger partial charge in [0.2, 0.25) is 0 Å². The maximum atomic E-state index is 12.8. The second-order valence-corrected chi connectivity index (χ2v) is 8.75. The average molecular weight is 375 g/mol. The van der Waals surface area contributed by atoms with E-state index in [2.05, 4.69) is 32.9 Å². The molecule has 3 atom stereocenters. The van der Waals surface area contributed by atoms with Crippen LogP contribution in [0.1, 0.15) is 64.2 Å². The number of ether oxygens (including phenoxy) is 2. The van der Waals surface area contributed by atoms with Crippen LogP contribution in [0.3, 0.4) is 0 Å². The Balaban J connectivity index is 2.28. The zero-order valence-electron chi connectivity index (χ0n) is 17.5. The highest BCUT2D eigenvalue weighted by Gasteiger charge is 2.48. The van der Waals surface area contributed by atoms with Gasteiger partial charge in [-0.2, -0.15) is 0 Å². The Morgan fingerprint density at radius 2 is 1.96 bits per heavy atom. The molecule has 4 heteroatoms. The molecule has 0 radical (unpaired) electrons. The smallest absolute Gasteiger partial charge is 0.338 e. The number of aliphatic hydroxyl groups is 1. The summed E-state index contributed by atoms with van der Waals surface area (Å²) in [7, 11) is 1.58. The molecule has 150 valence electrons. The molecular formula is C23H34O4. The molecule has 0 spiro atoms. The Morgan fingerprint density at radius 1 is 1.26 bits per heavy atom. The molecule has 0 aliphatic heterocycles. The second kappa shape index (κ2) is 8.47. The number of hydrogen-bond acceptors (Lipinski definition) is 4. The van der Waals surface area contributed by atoms with Crippen LogP contribution in [0, 0.1) is 16.7 Å². The van der Waals surface area contributed by atoms with Gasteiger partial charge in [-0.05, 0) is 24.6 Å². The first kappa shape index (κ1) is 21.5. The Hall–Kier alpha value is -1.81. The standard InChI is InChI=1S/C23H34O4/c1-7-8-12-19(18-13-14-22(2,3)21(25)23(18,4)5)27-20(24)16-10-9-11-17(15-16)26-6/h9-11,13-15,18-19,21,25H,7-8,12H2,1-6H3. The molecule has 0 amide bonds. The van der Waals surface area contributed by atoms with Crippen LogP contribution in [0.25, 0.3) is 0 Å². The maximum absolute atomic E-state index is 12.8. The molecule has 1 aliphatic rings. The van der Waals surface area contributed by atoms with Crippen LogP contribution in [0.15, 0.2) is 36.4 Å². The Labute approximate surface area is 163 Å². The van der Waals surface area contributed by atoms with Crippen molar-refractivity contribution in [3.8, 4) is 5.75 Å². The summed E-state index contributed by atoms with van der Waals surface area (Å²) in [5.41, 5.74) is -0.216. The number of unbranched alkanes of at least 4 members (excludes halogenated alkanes) is 1. The van der Waals surface area contributed by atoms with Gasteiger partial charge in [0.25, 0.3) is 0 Å². The molecule has 1 N–H and O–H groups in total. The first-order valence-corrected chi connectivity index (χ1v) is 9.86. The van der Waals surface area contributed by atoms with Crippen molar-refractivity contribution in [2.45, 2.75) is 66.1 Å². The van der Waals surface area contributed by atoms with E-state index < -0.39 is 11.5 Å². The van der Waals surface area contributed by atoms with Crippen LogP contribution in [-0.4, -0.2) is 30.4 Å². The van der Waals surface area contributed by atoms with Crippen molar-refractivity contribution in [3.63, 3.8) is 0 Å². The molecule has 1 aromatic carbocycles. The quantitative estimate of drug-likeness (QED) is 0.538. The molecule has 0 saturated heterocycles. The van der Waals surface area contributed by atoms with Crippen molar-refractivity contribution in [1.82, 2.24) is 0 Å². The minimum atomic E-state index is -0.514. The van der Waals surface area contributed by atoms with Crippen molar-refractivity contribution in [2.75, 3.05) is 7.11 Å². The Kier molecular flexibility index (Phi) is 6.74. The van der Waals surface area contributed by atoms with Crippen molar-refractivity contribution < 1.29 is 19.4 Å². The summed E-state index contributed by atoms with van der Waals surface area (Å²) in [5.74, 6) is 0.241. The Bertz CT molecular complexity index is 675. The van der Waals surface area contributed by atoms with E-state index in [-0.39, 0.29) is 23.4 Å². The number of rotatable bonds is 7. The minimum absolute atomic E-state index is 0.0402. The summed E-state index contributed by atoms with van der Waals surface area (Å²) in [6.45, 7) is 10.3.